The van der Waals surface area contributed by atoms with Crippen molar-refractivity contribution in [3.8, 4) is 11.5 Å². The number of amides is 1. The van der Waals surface area contributed by atoms with Gasteiger partial charge in [-0.25, -0.2) is 19.6 Å². The van der Waals surface area contributed by atoms with Crippen molar-refractivity contribution < 1.29 is 9.53 Å². The third kappa shape index (κ3) is 5.25. The summed E-state index contributed by atoms with van der Waals surface area (Å²) in [6, 6.07) is 15.6. The van der Waals surface area contributed by atoms with Gasteiger partial charge in [0.15, 0.2) is 5.82 Å². The lowest BCUT2D eigenvalue weighted by molar-refractivity contribution is -0.127. The van der Waals surface area contributed by atoms with Crippen LogP contribution in [0.15, 0.2) is 67.5 Å². The number of ether oxygens (including phenoxy) is 1. The number of carbonyl (C=O) groups excluding carboxylic acids is 1. The average molecular weight is 550 g/mol. The minimum absolute atomic E-state index is 0.0380. The summed E-state index contributed by atoms with van der Waals surface area (Å²) >= 11 is 0. The molecule has 5 aromatic rings. The summed E-state index contributed by atoms with van der Waals surface area (Å²) in [5.74, 6) is 2.84. The molecule has 0 spiro atoms. The lowest BCUT2D eigenvalue weighted by Gasteiger charge is -2.28. The maximum Gasteiger partial charge on any atom is 0.246 e. The van der Waals surface area contributed by atoms with Gasteiger partial charge in [0.1, 0.15) is 34.7 Å². The van der Waals surface area contributed by atoms with Crippen molar-refractivity contribution in [2.75, 3.05) is 29.9 Å². The molecule has 6 rings (SSSR count). The predicted molar refractivity (Wildman–Crippen MR) is 159 cm³/mol. The van der Waals surface area contributed by atoms with E-state index >= 15 is 0 Å². The van der Waals surface area contributed by atoms with E-state index in [4.69, 9.17) is 9.72 Å². The molecule has 1 fully saturated rings. The van der Waals surface area contributed by atoms with Gasteiger partial charge in [0.05, 0.1) is 11.0 Å². The number of nitrogens with zero attached hydrogens (tertiary/aromatic N) is 8. The van der Waals surface area contributed by atoms with Gasteiger partial charge in [-0.05, 0) is 74.4 Å². The molecule has 1 N–H and O–H groups in total. The summed E-state index contributed by atoms with van der Waals surface area (Å²) < 4.78 is 7.88. The number of pyridine rings is 1. The number of anilines is 3. The van der Waals surface area contributed by atoms with Gasteiger partial charge in [-0.15, -0.1) is 5.10 Å². The second-order valence-corrected chi connectivity index (χ2v) is 10.2. The van der Waals surface area contributed by atoms with Crippen LogP contribution in [0.2, 0.25) is 0 Å². The molecule has 208 valence electrons. The molecule has 1 amide bonds. The minimum atomic E-state index is -0.0380. The molecule has 4 heterocycles. The first-order valence-electron chi connectivity index (χ1n) is 13.5. The molecule has 1 saturated heterocycles. The lowest BCUT2D eigenvalue weighted by atomic mass is 10.2. The van der Waals surface area contributed by atoms with E-state index in [2.05, 4.69) is 44.0 Å². The van der Waals surface area contributed by atoms with E-state index in [1.807, 2.05) is 67.4 Å². The summed E-state index contributed by atoms with van der Waals surface area (Å²) in [6.07, 6.45) is 3.76. The minimum Gasteiger partial charge on any atom is -0.457 e. The van der Waals surface area contributed by atoms with Gasteiger partial charge < -0.3 is 19.9 Å². The number of aromatic nitrogens is 6. The zero-order valence-corrected chi connectivity index (χ0v) is 23.3. The van der Waals surface area contributed by atoms with E-state index in [1.165, 1.54) is 12.4 Å². The predicted octanol–water partition coefficient (Wildman–Crippen LogP) is 4.76. The fraction of sp³-hybridized carbons (Fsp3) is 0.267. The molecule has 0 aliphatic carbocycles. The van der Waals surface area contributed by atoms with Crippen LogP contribution in [0.3, 0.4) is 0 Å². The summed E-state index contributed by atoms with van der Waals surface area (Å²) in [4.78, 5) is 30.3. The number of nitrogens with one attached hydrogen (secondary N) is 1. The number of hydrogen-bond donors (Lipinski definition) is 1. The number of rotatable bonds is 6. The molecule has 0 unspecified atom stereocenters. The standard InChI is InChI=1S/C30H31N9O2/c1-5-28(40)39-14-6-13-38(17-20(39)3)27-12-9-23-29(34-27)30(32-18-31-23)33-21-7-11-26(19(2)15-21)41-22-8-10-25-24(16-22)35-36-37(25)4/h5,7-12,15-16,18,20H,1,6,13-14,17H2,2-4H3,(H,31,32,33)/t20-/m1/s1. The molecule has 0 saturated carbocycles. The maximum atomic E-state index is 12.3. The normalized spacial score (nSPS) is 15.6. The molecular weight excluding hydrogens is 518 g/mol. The zero-order valence-electron chi connectivity index (χ0n) is 23.3. The Labute approximate surface area is 237 Å². The average Bonchev–Trinajstić information content (AvgIpc) is 3.23. The third-order valence-electron chi connectivity index (χ3n) is 7.34. The SMILES string of the molecule is C=CC(=O)N1CCCN(c2ccc3ncnc(Nc4ccc(Oc5ccc6c(c5)nnn6C)c(C)c4)c3n2)C[C@H]1C. The van der Waals surface area contributed by atoms with Gasteiger partial charge in [-0.1, -0.05) is 11.8 Å². The molecule has 2 aromatic carbocycles. The number of fused-ring (bicyclic) bond motifs is 2. The van der Waals surface area contributed by atoms with Crippen LogP contribution in [0.25, 0.3) is 22.1 Å². The van der Waals surface area contributed by atoms with E-state index in [9.17, 15) is 4.79 Å². The van der Waals surface area contributed by atoms with E-state index in [0.717, 1.165) is 52.3 Å². The van der Waals surface area contributed by atoms with E-state index in [-0.39, 0.29) is 11.9 Å². The van der Waals surface area contributed by atoms with Gasteiger partial charge >= 0.3 is 0 Å². The highest BCUT2D eigenvalue weighted by atomic mass is 16.5. The summed E-state index contributed by atoms with van der Waals surface area (Å²) in [5.41, 5.74) is 4.95. The molecule has 1 aliphatic heterocycles. The molecule has 41 heavy (non-hydrogen) atoms. The zero-order chi connectivity index (χ0) is 28.5. The van der Waals surface area contributed by atoms with Crippen LogP contribution in [0.5, 0.6) is 11.5 Å². The Morgan fingerprint density at radius 2 is 1.98 bits per heavy atom. The Bertz CT molecular complexity index is 1770. The van der Waals surface area contributed by atoms with Crippen molar-refractivity contribution in [1.82, 2.24) is 34.8 Å². The molecule has 11 nitrogen and oxygen atoms in total. The monoisotopic (exact) mass is 549 g/mol. The molecule has 0 bridgehead atoms. The highest BCUT2D eigenvalue weighted by Gasteiger charge is 2.25. The van der Waals surface area contributed by atoms with Gasteiger partial charge in [-0.2, -0.15) is 0 Å². The summed E-state index contributed by atoms with van der Waals surface area (Å²) in [5, 5.41) is 11.6. The fourth-order valence-corrected chi connectivity index (χ4v) is 5.20. The van der Waals surface area contributed by atoms with Gasteiger partial charge in [0.2, 0.25) is 5.91 Å². The van der Waals surface area contributed by atoms with Crippen molar-refractivity contribution in [3.63, 3.8) is 0 Å². The van der Waals surface area contributed by atoms with Crippen molar-refractivity contribution >= 4 is 45.3 Å². The Hall–Kier alpha value is -5.06. The van der Waals surface area contributed by atoms with Crippen molar-refractivity contribution in [3.05, 3.63) is 73.1 Å². The van der Waals surface area contributed by atoms with Crippen molar-refractivity contribution in [2.45, 2.75) is 26.3 Å². The van der Waals surface area contributed by atoms with Gasteiger partial charge in [0, 0.05) is 44.5 Å². The molecule has 1 aliphatic rings. The van der Waals surface area contributed by atoms with Crippen LogP contribution in [-0.4, -0.2) is 66.4 Å². The Balaban J connectivity index is 1.22. The number of aryl methyl sites for hydroxylation is 2. The van der Waals surface area contributed by atoms with Crippen LogP contribution in [0.1, 0.15) is 18.9 Å². The van der Waals surface area contributed by atoms with Crippen LogP contribution in [0, 0.1) is 6.92 Å². The number of hydrogen-bond acceptors (Lipinski definition) is 9. The lowest BCUT2D eigenvalue weighted by Crippen LogP contribution is -2.42. The molecule has 1 atom stereocenters. The van der Waals surface area contributed by atoms with Crippen LogP contribution >= 0.6 is 0 Å². The summed E-state index contributed by atoms with van der Waals surface area (Å²) in [6.45, 7) is 9.87. The van der Waals surface area contributed by atoms with Crippen LogP contribution < -0.4 is 15.0 Å². The fourth-order valence-electron chi connectivity index (χ4n) is 5.20. The number of carbonyl (C=O) groups is 1. The topological polar surface area (TPSA) is 114 Å². The highest BCUT2D eigenvalue weighted by molar-refractivity contribution is 5.89. The van der Waals surface area contributed by atoms with E-state index in [0.29, 0.717) is 30.2 Å². The Morgan fingerprint density at radius 1 is 1.10 bits per heavy atom. The Morgan fingerprint density at radius 3 is 2.80 bits per heavy atom. The maximum absolute atomic E-state index is 12.3. The van der Waals surface area contributed by atoms with Gasteiger partial charge in [0.25, 0.3) is 0 Å². The first-order valence-corrected chi connectivity index (χ1v) is 13.5. The van der Waals surface area contributed by atoms with Crippen molar-refractivity contribution in [1.29, 1.82) is 0 Å². The van der Waals surface area contributed by atoms with Crippen LogP contribution in [0.4, 0.5) is 17.3 Å². The van der Waals surface area contributed by atoms with E-state index in [1.54, 1.807) is 4.68 Å². The van der Waals surface area contributed by atoms with Gasteiger partial charge in [-0.3, -0.25) is 4.79 Å². The van der Waals surface area contributed by atoms with Crippen LogP contribution in [-0.2, 0) is 11.8 Å². The highest BCUT2D eigenvalue weighted by Crippen LogP contribution is 2.31. The summed E-state index contributed by atoms with van der Waals surface area (Å²) in [7, 11) is 1.86. The molecule has 0 radical (unpaired) electrons. The largest absolute Gasteiger partial charge is 0.457 e. The molecular formula is C30H31N9O2. The second kappa shape index (κ2) is 10.8. The number of benzene rings is 2. The van der Waals surface area contributed by atoms with Crippen molar-refractivity contribution in [2.24, 2.45) is 7.05 Å². The third-order valence-corrected chi connectivity index (χ3v) is 7.34. The molecule has 3 aromatic heterocycles. The quantitative estimate of drug-likeness (QED) is 0.299. The smallest absolute Gasteiger partial charge is 0.246 e. The second-order valence-electron chi connectivity index (χ2n) is 10.2. The van der Waals surface area contributed by atoms with E-state index < -0.39 is 0 Å². The first-order chi connectivity index (χ1) is 19.9. The molecule has 11 heteroatoms. The first kappa shape index (κ1) is 26.2. The Kier molecular flexibility index (Phi) is 6.92.